The summed E-state index contributed by atoms with van der Waals surface area (Å²) in [7, 11) is -2.99. The number of aromatic amines is 1. The first-order valence-corrected chi connectivity index (χ1v) is 10.5. The van der Waals surface area contributed by atoms with E-state index in [1.165, 1.54) is 30.5 Å². The second kappa shape index (κ2) is 5.92. The SMILES string of the molecule is O=C(N[C@H]1CCS(=O)(=O)C1)c1cccc2c3c([nH]c12)CCCCC3. The van der Waals surface area contributed by atoms with E-state index in [1.54, 1.807) is 0 Å². The highest BCUT2D eigenvalue weighted by Gasteiger charge is 2.29. The molecule has 1 aromatic heterocycles. The number of sulfone groups is 1. The van der Waals surface area contributed by atoms with Gasteiger partial charge in [-0.15, -0.1) is 0 Å². The fourth-order valence-corrected chi connectivity index (χ4v) is 5.64. The van der Waals surface area contributed by atoms with Crippen LogP contribution in [0.1, 0.15) is 47.3 Å². The second-order valence-corrected chi connectivity index (χ2v) is 9.17. The molecule has 1 aliphatic carbocycles. The highest BCUT2D eigenvalue weighted by atomic mass is 32.2. The molecule has 24 heavy (non-hydrogen) atoms. The lowest BCUT2D eigenvalue weighted by atomic mass is 10.0. The topological polar surface area (TPSA) is 79.0 Å². The third-order valence-corrected chi connectivity index (χ3v) is 6.96. The highest BCUT2D eigenvalue weighted by Crippen LogP contribution is 2.30. The van der Waals surface area contributed by atoms with Crippen LogP contribution < -0.4 is 5.32 Å². The Labute approximate surface area is 141 Å². The van der Waals surface area contributed by atoms with Gasteiger partial charge in [-0.25, -0.2) is 8.42 Å². The van der Waals surface area contributed by atoms with Crippen molar-refractivity contribution in [3.05, 3.63) is 35.0 Å². The number of nitrogens with one attached hydrogen (secondary N) is 2. The fraction of sp³-hybridized carbons (Fsp3) is 0.500. The molecule has 1 amide bonds. The lowest BCUT2D eigenvalue weighted by Gasteiger charge is -2.11. The summed E-state index contributed by atoms with van der Waals surface area (Å²) in [6.07, 6.45) is 6.22. The Kier molecular flexibility index (Phi) is 3.87. The van der Waals surface area contributed by atoms with Gasteiger partial charge in [0.15, 0.2) is 9.84 Å². The normalized spacial score (nSPS) is 22.9. The van der Waals surface area contributed by atoms with Crippen molar-refractivity contribution < 1.29 is 13.2 Å². The van der Waals surface area contributed by atoms with Gasteiger partial charge in [0.05, 0.1) is 22.6 Å². The van der Waals surface area contributed by atoms with Gasteiger partial charge in [0.1, 0.15) is 0 Å². The van der Waals surface area contributed by atoms with Gasteiger partial charge in [-0.2, -0.15) is 0 Å². The molecule has 1 aliphatic heterocycles. The number of carbonyl (C=O) groups excluding carboxylic acids is 1. The van der Waals surface area contributed by atoms with E-state index in [9.17, 15) is 13.2 Å². The van der Waals surface area contributed by atoms with E-state index < -0.39 is 9.84 Å². The molecule has 0 saturated carbocycles. The molecular formula is C18H22N2O3S. The van der Waals surface area contributed by atoms with Crippen molar-refractivity contribution in [2.45, 2.75) is 44.6 Å². The van der Waals surface area contributed by atoms with Crippen LogP contribution in [0.15, 0.2) is 18.2 Å². The van der Waals surface area contributed by atoms with Crippen molar-refractivity contribution >= 4 is 26.6 Å². The quantitative estimate of drug-likeness (QED) is 0.819. The Hall–Kier alpha value is -1.82. The number of aromatic nitrogens is 1. The second-order valence-electron chi connectivity index (χ2n) is 6.94. The molecule has 0 unspecified atom stereocenters. The monoisotopic (exact) mass is 346 g/mol. The smallest absolute Gasteiger partial charge is 0.253 e. The Morgan fingerprint density at radius 3 is 2.79 bits per heavy atom. The van der Waals surface area contributed by atoms with E-state index in [0.29, 0.717) is 12.0 Å². The number of rotatable bonds is 2. The minimum atomic E-state index is -2.99. The number of carbonyl (C=O) groups is 1. The van der Waals surface area contributed by atoms with Gasteiger partial charge in [-0.3, -0.25) is 4.79 Å². The number of hydrogen-bond acceptors (Lipinski definition) is 3. The van der Waals surface area contributed by atoms with Crippen LogP contribution in [0.25, 0.3) is 10.9 Å². The van der Waals surface area contributed by atoms with Gasteiger partial charge in [-0.05, 0) is 43.7 Å². The minimum absolute atomic E-state index is 0.0515. The number of benzene rings is 1. The summed E-state index contributed by atoms with van der Waals surface area (Å²) in [5.74, 6) is 0.0358. The molecular weight excluding hydrogens is 324 g/mol. The number of fused-ring (bicyclic) bond motifs is 3. The zero-order valence-electron chi connectivity index (χ0n) is 13.6. The van der Waals surface area contributed by atoms with Crippen molar-refractivity contribution in [1.29, 1.82) is 0 Å². The predicted octanol–water partition coefficient (Wildman–Crippen LogP) is 2.35. The molecule has 0 radical (unpaired) electrons. The molecule has 128 valence electrons. The summed E-state index contributed by atoms with van der Waals surface area (Å²) < 4.78 is 23.2. The minimum Gasteiger partial charge on any atom is -0.358 e. The largest absolute Gasteiger partial charge is 0.358 e. The summed E-state index contributed by atoms with van der Waals surface area (Å²) >= 11 is 0. The molecule has 5 nitrogen and oxygen atoms in total. The number of H-pyrrole nitrogens is 1. The third kappa shape index (κ3) is 2.83. The molecule has 1 saturated heterocycles. The van der Waals surface area contributed by atoms with E-state index >= 15 is 0 Å². The molecule has 6 heteroatoms. The van der Waals surface area contributed by atoms with Gasteiger partial charge in [0.2, 0.25) is 0 Å². The maximum absolute atomic E-state index is 12.7. The summed E-state index contributed by atoms with van der Waals surface area (Å²) in [6.45, 7) is 0. The molecule has 2 aromatic rings. The van der Waals surface area contributed by atoms with Crippen molar-refractivity contribution in [3.8, 4) is 0 Å². The van der Waals surface area contributed by atoms with Crippen LogP contribution in [0.2, 0.25) is 0 Å². The van der Waals surface area contributed by atoms with Crippen LogP contribution in [0.5, 0.6) is 0 Å². The fourth-order valence-electron chi connectivity index (χ4n) is 3.97. The van der Waals surface area contributed by atoms with Gasteiger partial charge in [0.25, 0.3) is 5.91 Å². The van der Waals surface area contributed by atoms with Crippen LogP contribution in [-0.4, -0.2) is 36.9 Å². The lowest BCUT2D eigenvalue weighted by Crippen LogP contribution is -2.35. The highest BCUT2D eigenvalue weighted by molar-refractivity contribution is 7.91. The number of hydrogen-bond donors (Lipinski definition) is 2. The summed E-state index contributed by atoms with van der Waals surface area (Å²) in [6, 6.07) is 5.54. The average Bonchev–Trinajstić information content (AvgIpc) is 2.97. The first-order chi connectivity index (χ1) is 11.5. The predicted molar refractivity (Wildman–Crippen MR) is 94.1 cm³/mol. The molecule has 0 spiro atoms. The van der Waals surface area contributed by atoms with Crippen LogP contribution in [0.4, 0.5) is 0 Å². The molecule has 1 atom stereocenters. The van der Waals surface area contributed by atoms with Crippen molar-refractivity contribution in [1.82, 2.24) is 10.3 Å². The maximum Gasteiger partial charge on any atom is 0.253 e. The summed E-state index contributed by atoms with van der Waals surface area (Å²) in [4.78, 5) is 16.1. The summed E-state index contributed by atoms with van der Waals surface area (Å²) in [5.41, 5.74) is 4.11. The Morgan fingerprint density at radius 1 is 1.17 bits per heavy atom. The average molecular weight is 346 g/mol. The molecule has 2 aliphatic rings. The van der Waals surface area contributed by atoms with Crippen LogP contribution in [0, 0.1) is 0 Å². The first-order valence-electron chi connectivity index (χ1n) is 8.67. The van der Waals surface area contributed by atoms with E-state index in [-0.39, 0.29) is 23.5 Å². The molecule has 4 rings (SSSR count). The lowest BCUT2D eigenvalue weighted by molar-refractivity contribution is 0.0942. The number of aryl methyl sites for hydroxylation is 2. The standard InChI is InChI=1S/C18H22N2O3S/c21-18(19-12-9-10-24(22,23)11-12)15-7-4-6-14-13-5-2-1-3-8-16(13)20-17(14)15/h4,6-7,12,20H,1-3,5,8-11H2,(H,19,21)/t12-/m0/s1. The van der Waals surface area contributed by atoms with E-state index in [2.05, 4.69) is 16.4 Å². The van der Waals surface area contributed by atoms with Gasteiger partial charge in [-0.1, -0.05) is 18.6 Å². The van der Waals surface area contributed by atoms with Crippen LogP contribution >= 0.6 is 0 Å². The first kappa shape index (κ1) is 15.7. The van der Waals surface area contributed by atoms with Gasteiger partial charge in [0, 0.05) is 17.1 Å². The number of para-hydroxylation sites is 1. The van der Waals surface area contributed by atoms with Gasteiger partial charge < -0.3 is 10.3 Å². The van der Waals surface area contributed by atoms with E-state index in [0.717, 1.165) is 23.7 Å². The zero-order chi connectivity index (χ0) is 16.7. The Morgan fingerprint density at radius 2 is 2.00 bits per heavy atom. The van der Waals surface area contributed by atoms with Crippen LogP contribution in [-0.2, 0) is 22.7 Å². The van der Waals surface area contributed by atoms with Crippen molar-refractivity contribution in [2.75, 3.05) is 11.5 Å². The maximum atomic E-state index is 12.7. The molecule has 1 fully saturated rings. The van der Waals surface area contributed by atoms with Crippen molar-refractivity contribution in [2.24, 2.45) is 0 Å². The Bertz CT molecular complexity index is 898. The molecule has 2 heterocycles. The van der Waals surface area contributed by atoms with E-state index in [1.807, 2.05) is 12.1 Å². The third-order valence-electron chi connectivity index (χ3n) is 5.20. The van der Waals surface area contributed by atoms with Crippen molar-refractivity contribution in [3.63, 3.8) is 0 Å². The van der Waals surface area contributed by atoms with E-state index in [4.69, 9.17) is 0 Å². The molecule has 1 aromatic carbocycles. The molecule has 2 N–H and O–H groups in total. The van der Waals surface area contributed by atoms with Crippen LogP contribution in [0.3, 0.4) is 0 Å². The number of amides is 1. The Balaban J connectivity index is 1.66. The zero-order valence-corrected chi connectivity index (χ0v) is 14.4. The van der Waals surface area contributed by atoms with Gasteiger partial charge >= 0.3 is 0 Å². The molecule has 0 bridgehead atoms. The summed E-state index contributed by atoms with van der Waals surface area (Å²) in [5, 5.41) is 4.04.